The molecule has 10 nitrogen and oxygen atoms in total. The monoisotopic (exact) mass is 658 g/mol. The van der Waals surface area contributed by atoms with Crippen molar-refractivity contribution in [2.45, 2.75) is 32.2 Å². The summed E-state index contributed by atoms with van der Waals surface area (Å²) in [6.45, 7) is -0.225. The second-order valence-corrected chi connectivity index (χ2v) is 10.8. The summed E-state index contributed by atoms with van der Waals surface area (Å²) in [5.74, 6) is -5.35. The minimum atomic E-state index is -1.40. The number of methoxy groups -OCH3 is 1. The Morgan fingerprint density at radius 2 is 1.83 bits per heavy atom. The Hall–Kier alpha value is -4.95. The first-order valence-electron chi connectivity index (χ1n) is 13.8. The maximum absolute atomic E-state index is 15.5. The first kappa shape index (κ1) is 31.0. The van der Waals surface area contributed by atoms with Crippen LogP contribution in [-0.2, 0) is 24.4 Å². The molecule has 2 aromatic carbocycles. The third kappa shape index (κ3) is 5.88. The van der Waals surface area contributed by atoms with E-state index in [1.165, 1.54) is 24.1 Å². The minimum absolute atomic E-state index is 0.0227. The lowest BCUT2D eigenvalue weighted by molar-refractivity contribution is -0.0618. The number of hydrogen-bond donors (Lipinski definition) is 1. The molecule has 0 spiro atoms. The van der Waals surface area contributed by atoms with Gasteiger partial charge in [0.25, 0.3) is 11.4 Å². The van der Waals surface area contributed by atoms with Crippen LogP contribution in [0.1, 0.15) is 27.9 Å². The second-order valence-electron chi connectivity index (χ2n) is 10.4. The molecule has 0 radical (unpaired) electrons. The molecule has 238 valence electrons. The van der Waals surface area contributed by atoms with Gasteiger partial charge in [0.15, 0.2) is 5.82 Å². The van der Waals surface area contributed by atoms with Gasteiger partial charge in [0, 0.05) is 35.6 Å². The quantitative estimate of drug-likeness (QED) is 0.152. The molecule has 0 amide bonds. The van der Waals surface area contributed by atoms with Crippen molar-refractivity contribution in [1.29, 1.82) is 0 Å². The van der Waals surface area contributed by atoms with E-state index >= 15 is 8.78 Å². The zero-order valence-electron chi connectivity index (χ0n) is 23.9. The average Bonchev–Trinajstić information content (AvgIpc) is 3.26. The molecular formula is C31H23ClF4N4O6. The van der Waals surface area contributed by atoms with E-state index < -0.39 is 52.6 Å². The number of nitrogens with zero attached hydrogens (tertiary/aromatic N) is 4. The van der Waals surface area contributed by atoms with E-state index in [1.54, 1.807) is 0 Å². The summed E-state index contributed by atoms with van der Waals surface area (Å²) in [6, 6.07) is 7.15. The maximum atomic E-state index is 15.5. The van der Waals surface area contributed by atoms with Crippen LogP contribution in [0, 0.1) is 23.3 Å². The van der Waals surface area contributed by atoms with Gasteiger partial charge in [-0.25, -0.2) is 37.0 Å². The van der Waals surface area contributed by atoms with E-state index in [1.807, 2.05) is 0 Å². The zero-order valence-corrected chi connectivity index (χ0v) is 24.7. The Kier molecular flexibility index (Phi) is 8.40. The molecule has 1 N–H and O–H groups in total. The summed E-state index contributed by atoms with van der Waals surface area (Å²) < 4.78 is 79.1. The molecular weight excluding hydrogens is 636 g/mol. The molecule has 1 atom stereocenters. The van der Waals surface area contributed by atoms with Crippen molar-refractivity contribution < 1.29 is 41.7 Å². The summed E-state index contributed by atoms with van der Waals surface area (Å²) in [4.78, 5) is 32.9. The Bertz CT molecular complexity index is 2060. The van der Waals surface area contributed by atoms with Crippen molar-refractivity contribution in [2.24, 2.45) is 0 Å². The van der Waals surface area contributed by atoms with Crippen LogP contribution < -0.4 is 15.0 Å². The number of rotatable bonds is 10. The van der Waals surface area contributed by atoms with Crippen LogP contribution >= 0.6 is 11.6 Å². The van der Waals surface area contributed by atoms with Gasteiger partial charge in [0.1, 0.15) is 40.3 Å². The molecule has 0 saturated carbocycles. The highest BCUT2D eigenvalue weighted by molar-refractivity contribution is 6.29. The normalized spacial score (nSPS) is 14.3. The second kappa shape index (κ2) is 12.4. The number of carbonyl (C=O) groups is 1. The molecule has 0 unspecified atom stereocenters. The smallest absolute Gasteiger partial charge is 0.335 e. The Morgan fingerprint density at radius 3 is 2.52 bits per heavy atom. The summed E-state index contributed by atoms with van der Waals surface area (Å²) in [6.07, 6.45) is 1.66. The van der Waals surface area contributed by atoms with Gasteiger partial charge in [-0.1, -0.05) is 11.6 Å². The van der Waals surface area contributed by atoms with Crippen molar-refractivity contribution in [2.75, 3.05) is 13.7 Å². The van der Waals surface area contributed by atoms with Gasteiger partial charge in [0.05, 0.1) is 43.1 Å². The number of carboxylic acid groups (broad SMARTS) is 1. The maximum Gasteiger partial charge on any atom is 0.335 e. The van der Waals surface area contributed by atoms with Crippen molar-refractivity contribution in [1.82, 2.24) is 19.3 Å². The lowest BCUT2D eigenvalue weighted by Gasteiger charge is -2.28. The zero-order chi connectivity index (χ0) is 32.7. The fourth-order valence-electron chi connectivity index (χ4n) is 5.10. The fourth-order valence-corrected chi connectivity index (χ4v) is 5.25. The van der Waals surface area contributed by atoms with Crippen molar-refractivity contribution in [3.8, 4) is 22.9 Å². The molecule has 1 aliphatic rings. The number of aromatic carboxylic acids is 1. The van der Waals surface area contributed by atoms with Gasteiger partial charge in [-0.15, -0.1) is 0 Å². The number of aromatic nitrogens is 4. The summed E-state index contributed by atoms with van der Waals surface area (Å²) in [7, 11) is 1.40. The first-order chi connectivity index (χ1) is 22.0. The summed E-state index contributed by atoms with van der Waals surface area (Å²) in [5.41, 5.74) is -1.56. The third-order valence-corrected chi connectivity index (χ3v) is 7.75. The predicted molar refractivity (Wildman–Crippen MR) is 156 cm³/mol. The number of halogens is 5. The molecule has 15 heteroatoms. The van der Waals surface area contributed by atoms with Gasteiger partial charge in [0.2, 0.25) is 0 Å². The minimum Gasteiger partial charge on any atom is -0.496 e. The average molecular weight is 659 g/mol. The van der Waals surface area contributed by atoms with Crippen LogP contribution in [0.4, 0.5) is 17.6 Å². The number of fused-ring (bicyclic) bond motifs is 1. The largest absolute Gasteiger partial charge is 0.496 e. The number of pyridine rings is 2. The third-order valence-electron chi connectivity index (χ3n) is 7.54. The summed E-state index contributed by atoms with van der Waals surface area (Å²) in [5, 5.41) is 9.20. The number of hydrogen-bond acceptors (Lipinski definition) is 7. The molecule has 0 aliphatic carbocycles. The molecule has 1 saturated heterocycles. The molecule has 4 heterocycles. The van der Waals surface area contributed by atoms with Gasteiger partial charge < -0.3 is 19.3 Å². The topological polar surface area (TPSA) is 118 Å². The van der Waals surface area contributed by atoms with Gasteiger partial charge in [-0.05, 0) is 42.8 Å². The van der Waals surface area contributed by atoms with Crippen LogP contribution in [0.5, 0.6) is 11.6 Å². The van der Waals surface area contributed by atoms with E-state index in [-0.39, 0.29) is 52.3 Å². The number of benzene rings is 2. The molecule has 0 bridgehead atoms. The molecule has 3 aromatic heterocycles. The van der Waals surface area contributed by atoms with Crippen molar-refractivity contribution >= 4 is 28.5 Å². The van der Waals surface area contributed by atoms with Crippen LogP contribution in [0.2, 0.25) is 5.15 Å². The van der Waals surface area contributed by atoms with E-state index in [0.29, 0.717) is 24.3 Å². The van der Waals surface area contributed by atoms with Crippen LogP contribution in [0.25, 0.3) is 22.2 Å². The molecule has 1 fully saturated rings. The SMILES string of the molecule is COc1cc(Cl)ncc1COc1nc(-c2cc(F)c(Cn3c(=O)c4c(F)cc(C(=O)O)cc4n3C[C@@H]3CCO3)cc2F)ccc1F. The standard InChI is InChI=1S/C31H23ClF4N4O6/c1-44-26-10-27(32)37-11-17(26)14-46-29-20(33)2-3-24(38-29)19-9-21(34)16(7-22(19)35)12-40-30(41)28-23(36)6-15(31(42)43)8-25(28)39(40)13-18-4-5-45-18/h2-3,6-11,18H,4-5,12-14H2,1H3,(H,42,43)/t18-/m0/s1. The number of carboxylic acids is 1. The highest BCUT2D eigenvalue weighted by Gasteiger charge is 2.26. The van der Waals surface area contributed by atoms with Crippen LogP contribution in [-0.4, -0.2) is 50.2 Å². The van der Waals surface area contributed by atoms with Gasteiger partial charge in [-0.2, -0.15) is 0 Å². The van der Waals surface area contributed by atoms with Crippen LogP contribution in [0.15, 0.2) is 53.5 Å². The van der Waals surface area contributed by atoms with E-state index in [4.69, 9.17) is 25.8 Å². The Balaban J connectivity index is 1.33. The van der Waals surface area contributed by atoms with Crippen molar-refractivity contribution in [3.63, 3.8) is 0 Å². The summed E-state index contributed by atoms with van der Waals surface area (Å²) >= 11 is 5.87. The molecule has 5 aromatic rings. The molecule has 46 heavy (non-hydrogen) atoms. The molecule has 6 rings (SSSR count). The molecule has 1 aliphatic heterocycles. The van der Waals surface area contributed by atoms with E-state index in [0.717, 1.165) is 41.1 Å². The van der Waals surface area contributed by atoms with Crippen LogP contribution in [0.3, 0.4) is 0 Å². The van der Waals surface area contributed by atoms with Gasteiger partial charge in [-0.3, -0.25) is 9.48 Å². The lowest BCUT2D eigenvalue weighted by Crippen LogP contribution is -2.35. The highest BCUT2D eigenvalue weighted by atomic mass is 35.5. The van der Waals surface area contributed by atoms with Gasteiger partial charge >= 0.3 is 5.97 Å². The number of ether oxygens (including phenoxy) is 3. The van der Waals surface area contributed by atoms with E-state index in [2.05, 4.69) is 9.97 Å². The van der Waals surface area contributed by atoms with Crippen molar-refractivity contribution in [3.05, 3.63) is 104 Å². The lowest BCUT2D eigenvalue weighted by atomic mass is 10.1. The Labute approximate surface area is 262 Å². The predicted octanol–water partition coefficient (Wildman–Crippen LogP) is 5.59. The van der Waals surface area contributed by atoms with E-state index in [9.17, 15) is 23.5 Å². The Morgan fingerprint density at radius 1 is 1.04 bits per heavy atom. The fraction of sp³-hybridized carbons (Fsp3) is 0.226. The highest BCUT2D eigenvalue weighted by Crippen LogP contribution is 2.30. The first-order valence-corrected chi connectivity index (χ1v) is 14.2.